The van der Waals surface area contributed by atoms with E-state index in [-0.39, 0.29) is 24.5 Å². The molecule has 2 fully saturated rings. The zero-order valence-corrected chi connectivity index (χ0v) is 17.4. The molecular formula is C23H37N3O2. The summed E-state index contributed by atoms with van der Waals surface area (Å²) >= 11 is 0. The van der Waals surface area contributed by atoms with Crippen LogP contribution in [0.1, 0.15) is 44.6 Å². The number of nitrogens with one attached hydrogen (secondary N) is 1. The number of piperidine rings is 2. The van der Waals surface area contributed by atoms with Crippen LogP contribution in [0.3, 0.4) is 0 Å². The smallest absolute Gasteiger partial charge is 0.223 e. The number of carbonyl (C=O) groups excluding carboxylic acids is 1. The van der Waals surface area contributed by atoms with Crippen LogP contribution in [0, 0.1) is 5.92 Å². The van der Waals surface area contributed by atoms with Gasteiger partial charge in [0.25, 0.3) is 0 Å². The molecule has 0 aromatic heterocycles. The van der Waals surface area contributed by atoms with E-state index in [1.165, 1.54) is 50.9 Å². The van der Waals surface area contributed by atoms with Crippen LogP contribution in [0.2, 0.25) is 0 Å². The number of nitrogens with zero attached hydrogens (tertiary/aromatic N) is 2. The molecule has 0 radical (unpaired) electrons. The van der Waals surface area contributed by atoms with E-state index in [1.807, 2.05) is 6.92 Å². The third-order valence-electron chi connectivity index (χ3n) is 6.42. The number of likely N-dealkylation sites (tertiary alicyclic amines) is 2. The Kier molecular flexibility index (Phi) is 8.31. The van der Waals surface area contributed by atoms with Crippen molar-refractivity contribution in [3.63, 3.8) is 0 Å². The molecule has 0 bridgehead atoms. The predicted molar refractivity (Wildman–Crippen MR) is 113 cm³/mol. The Morgan fingerprint density at radius 2 is 1.79 bits per heavy atom. The number of amides is 1. The molecule has 1 atom stereocenters. The molecule has 2 N–H and O–H groups in total. The van der Waals surface area contributed by atoms with Crippen molar-refractivity contribution in [3.8, 4) is 0 Å². The van der Waals surface area contributed by atoms with Crippen LogP contribution in [0.25, 0.3) is 0 Å². The van der Waals surface area contributed by atoms with Crippen molar-refractivity contribution in [1.29, 1.82) is 0 Å². The topological polar surface area (TPSA) is 55.8 Å². The molecular weight excluding hydrogens is 350 g/mol. The van der Waals surface area contributed by atoms with E-state index in [2.05, 4.69) is 45.4 Å². The fraction of sp³-hybridized carbons (Fsp3) is 0.696. The third kappa shape index (κ3) is 6.29. The van der Waals surface area contributed by atoms with Gasteiger partial charge in [0, 0.05) is 18.0 Å². The Labute approximate surface area is 170 Å². The van der Waals surface area contributed by atoms with Gasteiger partial charge in [0.05, 0.1) is 6.61 Å². The molecule has 2 aliphatic rings. The average molecular weight is 388 g/mol. The third-order valence-corrected chi connectivity index (χ3v) is 6.42. The first kappa shape index (κ1) is 21.3. The molecule has 1 amide bonds. The standard InChI is InChI=1S/C23H37N3O2/c1-19(18-27)24-23(28)21-9-16-26(17-10-21)22-11-14-25(15-12-22)13-5-8-20-6-3-2-4-7-20/h2-4,6-7,19,21-22,27H,5,8-18H2,1H3,(H,24,28). The second-order valence-corrected chi connectivity index (χ2v) is 8.56. The Balaban J connectivity index is 1.32. The molecule has 2 aliphatic heterocycles. The van der Waals surface area contributed by atoms with Crippen molar-refractivity contribution in [2.75, 3.05) is 39.3 Å². The SMILES string of the molecule is CC(CO)NC(=O)C1CCN(C2CCN(CCCc3ccccc3)CC2)CC1. The van der Waals surface area contributed by atoms with Crippen LogP contribution >= 0.6 is 0 Å². The van der Waals surface area contributed by atoms with E-state index in [4.69, 9.17) is 5.11 Å². The van der Waals surface area contributed by atoms with Gasteiger partial charge in [-0.15, -0.1) is 0 Å². The minimum Gasteiger partial charge on any atom is -0.394 e. The number of aliphatic hydroxyl groups excluding tert-OH is 1. The fourth-order valence-electron chi connectivity index (χ4n) is 4.59. The first-order valence-electron chi connectivity index (χ1n) is 11.1. The number of rotatable bonds is 8. The highest BCUT2D eigenvalue weighted by Crippen LogP contribution is 2.24. The van der Waals surface area contributed by atoms with Gasteiger partial charge < -0.3 is 20.2 Å². The van der Waals surface area contributed by atoms with Gasteiger partial charge in [-0.25, -0.2) is 0 Å². The van der Waals surface area contributed by atoms with Gasteiger partial charge in [0.15, 0.2) is 0 Å². The summed E-state index contributed by atoms with van der Waals surface area (Å²) in [6.45, 7) is 7.53. The molecule has 1 unspecified atom stereocenters. The molecule has 1 aromatic carbocycles. The lowest BCUT2D eigenvalue weighted by Gasteiger charge is -2.41. The molecule has 5 nitrogen and oxygen atoms in total. The second-order valence-electron chi connectivity index (χ2n) is 8.56. The molecule has 0 saturated carbocycles. The van der Waals surface area contributed by atoms with Crippen LogP contribution in [0.5, 0.6) is 0 Å². The Morgan fingerprint density at radius 1 is 1.11 bits per heavy atom. The van der Waals surface area contributed by atoms with Crippen molar-refractivity contribution in [2.24, 2.45) is 5.92 Å². The first-order valence-corrected chi connectivity index (χ1v) is 11.1. The lowest BCUT2D eigenvalue weighted by molar-refractivity contribution is -0.127. The zero-order chi connectivity index (χ0) is 19.8. The van der Waals surface area contributed by atoms with E-state index in [0.717, 1.165) is 25.9 Å². The summed E-state index contributed by atoms with van der Waals surface area (Å²) in [6, 6.07) is 11.3. The number of aliphatic hydroxyl groups is 1. The number of aryl methyl sites for hydroxylation is 1. The van der Waals surface area contributed by atoms with Gasteiger partial charge in [-0.3, -0.25) is 4.79 Å². The van der Waals surface area contributed by atoms with Crippen molar-refractivity contribution < 1.29 is 9.90 Å². The summed E-state index contributed by atoms with van der Waals surface area (Å²) in [6.07, 6.45) is 6.81. The highest BCUT2D eigenvalue weighted by atomic mass is 16.3. The lowest BCUT2D eigenvalue weighted by Crippen LogP contribution is -2.50. The molecule has 0 aliphatic carbocycles. The maximum atomic E-state index is 12.2. The molecule has 156 valence electrons. The van der Waals surface area contributed by atoms with Gasteiger partial charge in [-0.05, 0) is 83.7 Å². The number of hydrogen-bond acceptors (Lipinski definition) is 4. The Morgan fingerprint density at radius 3 is 2.43 bits per heavy atom. The van der Waals surface area contributed by atoms with Crippen molar-refractivity contribution >= 4 is 5.91 Å². The van der Waals surface area contributed by atoms with Crippen molar-refractivity contribution in [1.82, 2.24) is 15.1 Å². The van der Waals surface area contributed by atoms with Gasteiger partial charge in [-0.2, -0.15) is 0 Å². The lowest BCUT2D eigenvalue weighted by atomic mass is 9.92. The summed E-state index contributed by atoms with van der Waals surface area (Å²) in [7, 11) is 0. The number of carbonyl (C=O) groups is 1. The van der Waals surface area contributed by atoms with Gasteiger partial charge in [-0.1, -0.05) is 30.3 Å². The summed E-state index contributed by atoms with van der Waals surface area (Å²) < 4.78 is 0. The van der Waals surface area contributed by atoms with Crippen molar-refractivity contribution in [3.05, 3.63) is 35.9 Å². The summed E-state index contributed by atoms with van der Waals surface area (Å²) in [5.41, 5.74) is 1.44. The monoisotopic (exact) mass is 387 g/mol. The molecule has 5 heteroatoms. The Bertz CT molecular complexity index is 579. The zero-order valence-electron chi connectivity index (χ0n) is 17.4. The van der Waals surface area contributed by atoms with Crippen molar-refractivity contribution in [2.45, 2.75) is 57.5 Å². The largest absolute Gasteiger partial charge is 0.394 e. The quantitative estimate of drug-likeness (QED) is 0.719. The van der Waals surface area contributed by atoms with Crippen LogP contribution in [0.4, 0.5) is 0 Å². The van der Waals surface area contributed by atoms with E-state index >= 15 is 0 Å². The maximum Gasteiger partial charge on any atom is 0.223 e. The molecule has 2 heterocycles. The van der Waals surface area contributed by atoms with Gasteiger partial charge >= 0.3 is 0 Å². The number of benzene rings is 1. The summed E-state index contributed by atoms with van der Waals surface area (Å²) in [5.74, 6) is 0.234. The average Bonchev–Trinajstić information content (AvgIpc) is 2.75. The van der Waals surface area contributed by atoms with Crippen LogP contribution < -0.4 is 5.32 Å². The van der Waals surface area contributed by atoms with Crippen LogP contribution in [0.15, 0.2) is 30.3 Å². The molecule has 3 rings (SSSR count). The normalized spacial score (nSPS) is 21.5. The maximum absolute atomic E-state index is 12.2. The molecule has 1 aromatic rings. The predicted octanol–water partition coefficient (Wildman–Crippen LogP) is 2.29. The minimum absolute atomic E-state index is 0.00844. The molecule has 0 spiro atoms. The second kappa shape index (κ2) is 10.9. The van der Waals surface area contributed by atoms with Gasteiger partial charge in [0.1, 0.15) is 0 Å². The van der Waals surface area contributed by atoms with E-state index < -0.39 is 0 Å². The van der Waals surface area contributed by atoms with E-state index in [1.54, 1.807) is 0 Å². The number of hydrogen-bond donors (Lipinski definition) is 2. The van der Waals surface area contributed by atoms with Crippen LogP contribution in [-0.4, -0.2) is 72.2 Å². The summed E-state index contributed by atoms with van der Waals surface area (Å²) in [5, 5.41) is 12.0. The Hall–Kier alpha value is -1.43. The molecule has 28 heavy (non-hydrogen) atoms. The van der Waals surface area contributed by atoms with E-state index in [0.29, 0.717) is 6.04 Å². The highest BCUT2D eigenvalue weighted by Gasteiger charge is 2.30. The molecule has 2 saturated heterocycles. The highest BCUT2D eigenvalue weighted by molar-refractivity contribution is 5.79. The van der Waals surface area contributed by atoms with E-state index in [9.17, 15) is 4.79 Å². The first-order chi connectivity index (χ1) is 13.7. The fourth-order valence-corrected chi connectivity index (χ4v) is 4.59. The summed E-state index contributed by atoms with van der Waals surface area (Å²) in [4.78, 5) is 17.5. The van der Waals surface area contributed by atoms with Crippen LogP contribution in [-0.2, 0) is 11.2 Å². The van der Waals surface area contributed by atoms with Gasteiger partial charge in [0.2, 0.25) is 5.91 Å². The minimum atomic E-state index is -0.142.